The van der Waals surface area contributed by atoms with Crippen molar-refractivity contribution in [2.75, 3.05) is 5.32 Å². The highest BCUT2D eigenvalue weighted by molar-refractivity contribution is 9.10. The van der Waals surface area contributed by atoms with Gasteiger partial charge in [-0.2, -0.15) is 5.10 Å². The Labute approximate surface area is 122 Å². The van der Waals surface area contributed by atoms with Gasteiger partial charge in [-0.05, 0) is 28.1 Å². The lowest BCUT2D eigenvalue weighted by atomic mass is 10.2. The van der Waals surface area contributed by atoms with Gasteiger partial charge in [0, 0.05) is 29.0 Å². The monoisotopic (exact) mass is 333 g/mol. The summed E-state index contributed by atoms with van der Waals surface area (Å²) in [7, 11) is 0. The number of halogens is 1. The van der Waals surface area contributed by atoms with Crippen LogP contribution in [0.1, 0.15) is 5.56 Å². The maximum absolute atomic E-state index is 11.3. The molecule has 0 amide bonds. The normalized spacial score (nSPS) is 10.8. The molecule has 0 fully saturated rings. The standard InChI is InChI=1S/C13H12BrN5O/c1-2-19-7-8(6-16-19)5-15-10-4-12-11(3-9(10)14)17-13(20)18-12/h2-4,6-7,15H,1,5H2,(H2,17,18,20). The first-order valence-electron chi connectivity index (χ1n) is 5.97. The van der Waals surface area contributed by atoms with Gasteiger partial charge in [-0.25, -0.2) is 9.48 Å². The molecule has 102 valence electrons. The molecule has 0 bridgehead atoms. The number of aromatic nitrogens is 4. The van der Waals surface area contributed by atoms with Crippen LogP contribution in [0.5, 0.6) is 0 Å². The van der Waals surface area contributed by atoms with Crippen molar-refractivity contribution in [3.8, 4) is 0 Å². The lowest BCUT2D eigenvalue weighted by Gasteiger charge is -2.07. The molecule has 0 saturated heterocycles. The van der Waals surface area contributed by atoms with Crippen LogP contribution in [0.2, 0.25) is 0 Å². The van der Waals surface area contributed by atoms with E-state index in [-0.39, 0.29) is 5.69 Å². The van der Waals surface area contributed by atoms with Gasteiger partial charge < -0.3 is 15.3 Å². The van der Waals surface area contributed by atoms with Gasteiger partial charge in [0.05, 0.1) is 22.9 Å². The molecule has 0 aliphatic carbocycles. The van der Waals surface area contributed by atoms with E-state index in [0.717, 1.165) is 26.8 Å². The molecule has 0 spiro atoms. The second-order valence-electron chi connectivity index (χ2n) is 4.32. The SMILES string of the molecule is C=Cn1cc(CNc2cc3[nH]c(=O)[nH]c3cc2Br)cn1. The van der Waals surface area contributed by atoms with Gasteiger partial charge in [0.25, 0.3) is 0 Å². The quantitative estimate of drug-likeness (QED) is 0.686. The number of nitrogens with zero attached hydrogens (tertiary/aromatic N) is 2. The van der Waals surface area contributed by atoms with Gasteiger partial charge in [-0.15, -0.1) is 0 Å². The zero-order valence-electron chi connectivity index (χ0n) is 10.5. The third-order valence-electron chi connectivity index (χ3n) is 2.93. The summed E-state index contributed by atoms with van der Waals surface area (Å²) in [5, 5.41) is 7.41. The fraction of sp³-hybridized carbons (Fsp3) is 0.0769. The van der Waals surface area contributed by atoms with Gasteiger partial charge in [0.2, 0.25) is 0 Å². The van der Waals surface area contributed by atoms with E-state index in [1.54, 1.807) is 17.1 Å². The number of nitrogens with one attached hydrogen (secondary N) is 3. The highest BCUT2D eigenvalue weighted by atomic mass is 79.9. The number of H-pyrrole nitrogens is 2. The first-order chi connectivity index (χ1) is 9.65. The van der Waals surface area contributed by atoms with E-state index in [1.165, 1.54) is 0 Å². The molecule has 2 heterocycles. The van der Waals surface area contributed by atoms with Crippen LogP contribution >= 0.6 is 15.9 Å². The molecular formula is C13H12BrN5O. The second-order valence-corrected chi connectivity index (χ2v) is 5.18. The summed E-state index contributed by atoms with van der Waals surface area (Å²) >= 11 is 3.48. The van der Waals surface area contributed by atoms with Gasteiger partial charge in [0.1, 0.15) is 0 Å². The summed E-state index contributed by atoms with van der Waals surface area (Å²) in [5.74, 6) is 0. The van der Waals surface area contributed by atoms with Crippen LogP contribution in [0, 0.1) is 0 Å². The summed E-state index contributed by atoms with van der Waals surface area (Å²) in [5.41, 5.74) is 3.27. The number of benzene rings is 1. The van der Waals surface area contributed by atoms with E-state index >= 15 is 0 Å². The zero-order valence-corrected chi connectivity index (χ0v) is 12.1. The number of aromatic amines is 2. The number of anilines is 1. The number of hydrogen-bond donors (Lipinski definition) is 3. The van der Waals surface area contributed by atoms with Crippen LogP contribution in [0.4, 0.5) is 5.69 Å². The molecule has 3 rings (SSSR count). The highest BCUT2D eigenvalue weighted by Gasteiger charge is 2.06. The third-order valence-corrected chi connectivity index (χ3v) is 3.58. The van der Waals surface area contributed by atoms with Crippen molar-refractivity contribution >= 4 is 38.9 Å². The Hall–Kier alpha value is -2.28. The Morgan fingerprint density at radius 1 is 1.40 bits per heavy atom. The molecule has 1 aromatic carbocycles. The molecule has 6 nitrogen and oxygen atoms in total. The van der Waals surface area contributed by atoms with Crippen molar-refractivity contribution in [3.63, 3.8) is 0 Å². The van der Waals surface area contributed by atoms with Crippen molar-refractivity contribution in [2.45, 2.75) is 6.54 Å². The third kappa shape index (κ3) is 2.39. The Morgan fingerprint density at radius 3 is 2.85 bits per heavy atom. The minimum absolute atomic E-state index is 0.212. The predicted molar refractivity (Wildman–Crippen MR) is 82.6 cm³/mol. The van der Waals surface area contributed by atoms with E-state index in [1.807, 2.05) is 18.3 Å². The summed E-state index contributed by atoms with van der Waals surface area (Å²) in [6.45, 7) is 4.28. The first-order valence-corrected chi connectivity index (χ1v) is 6.76. The molecular weight excluding hydrogens is 322 g/mol. The molecule has 20 heavy (non-hydrogen) atoms. The average Bonchev–Trinajstić information content (AvgIpc) is 3.01. The van der Waals surface area contributed by atoms with E-state index in [2.05, 4.69) is 42.9 Å². The summed E-state index contributed by atoms with van der Waals surface area (Å²) in [6.07, 6.45) is 5.31. The van der Waals surface area contributed by atoms with E-state index in [4.69, 9.17) is 0 Å². The smallest absolute Gasteiger partial charge is 0.323 e. The number of imidazole rings is 1. The first kappa shape index (κ1) is 12.7. The highest BCUT2D eigenvalue weighted by Crippen LogP contribution is 2.26. The molecule has 7 heteroatoms. The largest absolute Gasteiger partial charge is 0.380 e. The molecule has 3 aromatic rings. The van der Waals surface area contributed by atoms with E-state index in [9.17, 15) is 4.79 Å². The summed E-state index contributed by atoms with van der Waals surface area (Å²) in [4.78, 5) is 16.7. The van der Waals surface area contributed by atoms with Crippen molar-refractivity contribution in [1.82, 2.24) is 19.7 Å². The van der Waals surface area contributed by atoms with Gasteiger partial charge in [-0.1, -0.05) is 6.58 Å². The zero-order chi connectivity index (χ0) is 14.1. The topological polar surface area (TPSA) is 78.5 Å². The lowest BCUT2D eigenvalue weighted by Crippen LogP contribution is -1.99. The van der Waals surface area contributed by atoms with E-state index < -0.39 is 0 Å². The van der Waals surface area contributed by atoms with E-state index in [0.29, 0.717) is 6.54 Å². The minimum Gasteiger partial charge on any atom is -0.380 e. The van der Waals surface area contributed by atoms with Crippen LogP contribution in [-0.4, -0.2) is 19.7 Å². The number of hydrogen-bond acceptors (Lipinski definition) is 3. The van der Waals surface area contributed by atoms with Crippen LogP contribution in [0.25, 0.3) is 17.2 Å². The van der Waals surface area contributed by atoms with Crippen molar-refractivity contribution < 1.29 is 0 Å². The molecule has 0 atom stereocenters. The fourth-order valence-electron chi connectivity index (χ4n) is 1.96. The fourth-order valence-corrected chi connectivity index (χ4v) is 2.44. The lowest BCUT2D eigenvalue weighted by molar-refractivity contribution is 0.936. The average molecular weight is 334 g/mol. The second kappa shape index (κ2) is 5.01. The molecule has 0 unspecified atom stereocenters. The molecule has 0 aliphatic heterocycles. The van der Waals surface area contributed by atoms with Crippen molar-refractivity contribution in [1.29, 1.82) is 0 Å². The Balaban J connectivity index is 1.84. The number of fused-ring (bicyclic) bond motifs is 1. The summed E-state index contributed by atoms with van der Waals surface area (Å²) in [6, 6.07) is 3.75. The molecule has 0 radical (unpaired) electrons. The van der Waals surface area contributed by atoms with Crippen LogP contribution < -0.4 is 11.0 Å². The maximum Gasteiger partial charge on any atom is 0.323 e. The molecule has 0 saturated carbocycles. The molecule has 0 aliphatic rings. The Bertz CT molecular complexity index is 829. The van der Waals surface area contributed by atoms with Crippen molar-refractivity contribution in [3.05, 3.63) is 51.6 Å². The van der Waals surface area contributed by atoms with Gasteiger partial charge >= 0.3 is 5.69 Å². The molecule has 3 N–H and O–H groups in total. The predicted octanol–water partition coefficient (Wildman–Crippen LogP) is 2.53. The van der Waals surface area contributed by atoms with Crippen LogP contribution in [0.15, 0.2) is 40.4 Å². The Morgan fingerprint density at radius 2 is 2.15 bits per heavy atom. The molecule has 2 aromatic heterocycles. The minimum atomic E-state index is -0.212. The number of rotatable bonds is 4. The maximum atomic E-state index is 11.3. The van der Waals surface area contributed by atoms with Gasteiger partial charge in [-0.3, -0.25) is 0 Å². The van der Waals surface area contributed by atoms with Crippen molar-refractivity contribution in [2.24, 2.45) is 0 Å². The van der Waals surface area contributed by atoms with Crippen LogP contribution in [-0.2, 0) is 6.54 Å². The van der Waals surface area contributed by atoms with Crippen LogP contribution in [0.3, 0.4) is 0 Å². The van der Waals surface area contributed by atoms with Gasteiger partial charge in [0.15, 0.2) is 0 Å². The summed E-state index contributed by atoms with van der Waals surface area (Å²) < 4.78 is 2.54. The Kier molecular flexibility index (Phi) is 3.19.